The van der Waals surface area contributed by atoms with E-state index in [-0.39, 0.29) is 11.5 Å². The second kappa shape index (κ2) is 4.95. The molecule has 1 aromatic heterocycles. The minimum Gasteiger partial charge on any atom is -0.295 e. The minimum absolute atomic E-state index is 0.0545. The number of aromatic nitrogens is 2. The molecule has 88 valence electrons. The van der Waals surface area contributed by atoms with Gasteiger partial charge in [0.15, 0.2) is 0 Å². The van der Waals surface area contributed by atoms with Crippen molar-refractivity contribution in [2.24, 2.45) is 0 Å². The van der Waals surface area contributed by atoms with Gasteiger partial charge in [0, 0.05) is 11.8 Å². The Hall–Kier alpha value is -1.90. The SMILES string of the molecule is CC(C)c1cncn(Cc2ccccc2)c1=O. The molecule has 3 nitrogen and oxygen atoms in total. The summed E-state index contributed by atoms with van der Waals surface area (Å²) >= 11 is 0. The van der Waals surface area contributed by atoms with Crippen molar-refractivity contribution in [2.75, 3.05) is 0 Å². The van der Waals surface area contributed by atoms with Crippen LogP contribution in [0.4, 0.5) is 0 Å². The lowest BCUT2D eigenvalue weighted by Gasteiger charge is -2.09. The van der Waals surface area contributed by atoms with Gasteiger partial charge in [0.1, 0.15) is 0 Å². The molecule has 0 bridgehead atoms. The van der Waals surface area contributed by atoms with Crippen LogP contribution in [0.5, 0.6) is 0 Å². The highest BCUT2D eigenvalue weighted by Gasteiger charge is 2.07. The molecule has 0 radical (unpaired) electrons. The minimum atomic E-state index is 0.0545. The number of rotatable bonds is 3. The highest BCUT2D eigenvalue weighted by Crippen LogP contribution is 2.07. The maximum Gasteiger partial charge on any atom is 0.257 e. The van der Waals surface area contributed by atoms with Gasteiger partial charge in [-0.3, -0.25) is 9.36 Å². The zero-order valence-corrected chi connectivity index (χ0v) is 10.1. The van der Waals surface area contributed by atoms with Crippen LogP contribution in [-0.4, -0.2) is 9.55 Å². The summed E-state index contributed by atoms with van der Waals surface area (Å²) in [6.07, 6.45) is 3.26. The molecule has 0 aliphatic heterocycles. The normalized spacial score (nSPS) is 10.8. The van der Waals surface area contributed by atoms with Gasteiger partial charge < -0.3 is 0 Å². The van der Waals surface area contributed by atoms with Crippen LogP contribution >= 0.6 is 0 Å². The zero-order chi connectivity index (χ0) is 12.3. The van der Waals surface area contributed by atoms with Gasteiger partial charge in [-0.05, 0) is 11.5 Å². The third-order valence-corrected chi connectivity index (χ3v) is 2.75. The summed E-state index contributed by atoms with van der Waals surface area (Å²) in [6, 6.07) is 9.93. The van der Waals surface area contributed by atoms with Crippen molar-refractivity contribution in [1.82, 2.24) is 9.55 Å². The van der Waals surface area contributed by atoms with E-state index in [2.05, 4.69) is 4.98 Å². The largest absolute Gasteiger partial charge is 0.295 e. The van der Waals surface area contributed by atoms with Crippen LogP contribution in [0.15, 0.2) is 47.7 Å². The van der Waals surface area contributed by atoms with E-state index in [1.807, 2.05) is 44.2 Å². The van der Waals surface area contributed by atoms with Gasteiger partial charge >= 0.3 is 0 Å². The Labute approximate surface area is 101 Å². The van der Waals surface area contributed by atoms with Crippen molar-refractivity contribution in [3.05, 3.63) is 64.3 Å². The maximum atomic E-state index is 12.1. The van der Waals surface area contributed by atoms with E-state index in [0.717, 1.165) is 11.1 Å². The van der Waals surface area contributed by atoms with Gasteiger partial charge in [-0.15, -0.1) is 0 Å². The van der Waals surface area contributed by atoms with Crippen molar-refractivity contribution >= 4 is 0 Å². The fourth-order valence-corrected chi connectivity index (χ4v) is 1.76. The third-order valence-electron chi connectivity index (χ3n) is 2.75. The van der Waals surface area contributed by atoms with E-state index in [9.17, 15) is 4.79 Å². The molecule has 1 aromatic carbocycles. The predicted molar refractivity (Wildman–Crippen MR) is 68.1 cm³/mol. The van der Waals surface area contributed by atoms with E-state index in [4.69, 9.17) is 0 Å². The van der Waals surface area contributed by atoms with Gasteiger partial charge in [-0.1, -0.05) is 44.2 Å². The van der Waals surface area contributed by atoms with Crippen LogP contribution in [0.25, 0.3) is 0 Å². The van der Waals surface area contributed by atoms with Crippen LogP contribution in [-0.2, 0) is 6.54 Å². The average Bonchev–Trinajstić information content (AvgIpc) is 2.33. The molecule has 17 heavy (non-hydrogen) atoms. The molecule has 2 aromatic rings. The van der Waals surface area contributed by atoms with Crippen molar-refractivity contribution in [1.29, 1.82) is 0 Å². The smallest absolute Gasteiger partial charge is 0.257 e. The lowest BCUT2D eigenvalue weighted by Crippen LogP contribution is -2.25. The molecular weight excluding hydrogens is 212 g/mol. The van der Waals surface area contributed by atoms with Gasteiger partial charge in [-0.2, -0.15) is 0 Å². The summed E-state index contributed by atoms with van der Waals surface area (Å²) in [5.74, 6) is 0.207. The molecule has 0 saturated carbocycles. The fourth-order valence-electron chi connectivity index (χ4n) is 1.76. The summed E-state index contributed by atoms with van der Waals surface area (Å²) in [6.45, 7) is 4.59. The summed E-state index contributed by atoms with van der Waals surface area (Å²) in [5, 5.41) is 0. The third kappa shape index (κ3) is 2.61. The lowest BCUT2D eigenvalue weighted by molar-refractivity contribution is 0.700. The van der Waals surface area contributed by atoms with Crippen molar-refractivity contribution < 1.29 is 0 Å². The average molecular weight is 228 g/mol. The monoisotopic (exact) mass is 228 g/mol. The first-order valence-corrected chi connectivity index (χ1v) is 5.76. The van der Waals surface area contributed by atoms with Crippen molar-refractivity contribution in [2.45, 2.75) is 26.3 Å². The molecule has 0 atom stereocenters. The molecule has 0 spiro atoms. The summed E-state index contributed by atoms with van der Waals surface area (Å²) in [7, 11) is 0. The Bertz CT molecular complexity index is 544. The van der Waals surface area contributed by atoms with Gasteiger partial charge in [0.2, 0.25) is 0 Å². The Morgan fingerprint density at radius 1 is 1.24 bits per heavy atom. The standard InChI is InChI=1S/C14H16N2O/c1-11(2)13-8-15-10-16(14(13)17)9-12-6-4-3-5-7-12/h3-8,10-11H,9H2,1-2H3. The van der Waals surface area contributed by atoms with E-state index in [1.54, 1.807) is 17.1 Å². The van der Waals surface area contributed by atoms with Crippen molar-refractivity contribution in [3.8, 4) is 0 Å². The summed E-state index contributed by atoms with van der Waals surface area (Å²) in [5.41, 5.74) is 1.93. The molecule has 0 fully saturated rings. The van der Waals surface area contributed by atoms with Crippen LogP contribution < -0.4 is 5.56 Å². The molecule has 0 N–H and O–H groups in total. The Balaban J connectivity index is 2.35. The Kier molecular flexibility index (Phi) is 3.38. The lowest BCUT2D eigenvalue weighted by atomic mass is 10.1. The highest BCUT2D eigenvalue weighted by molar-refractivity contribution is 5.16. The zero-order valence-electron chi connectivity index (χ0n) is 10.1. The summed E-state index contributed by atoms with van der Waals surface area (Å²) < 4.78 is 1.66. The molecule has 0 aliphatic rings. The van der Waals surface area contributed by atoms with E-state index < -0.39 is 0 Å². The molecule has 0 unspecified atom stereocenters. The first-order valence-electron chi connectivity index (χ1n) is 5.76. The van der Waals surface area contributed by atoms with Crippen LogP contribution in [0, 0.1) is 0 Å². The number of benzene rings is 1. The number of nitrogens with zero attached hydrogens (tertiary/aromatic N) is 2. The van der Waals surface area contributed by atoms with Gasteiger partial charge in [-0.25, -0.2) is 4.98 Å². The van der Waals surface area contributed by atoms with Crippen LogP contribution in [0.1, 0.15) is 30.9 Å². The molecule has 3 heteroatoms. The second-order valence-electron chi connectivity index (χ2n) is 4.42. The number of hydrogen-bond acceptors (Lipinski definition) is 2. The molecule has 2 rings (SSSR count). The van der Waals surface area contributed by atoms with Gasteiger partial charge in [0.05, 0.1) is 12.9 Å². The molecule has 0 aliphatic carbocycles. The first kappa shape index (κ1) is 11.6. The maximum absolute atomic E-state index is 12.1. The van der Waals surface area contributed by atoms with Gasteiger partial charge in [0.25, 0.3) is 5.56 Å². The number of hydrogen-bond donors (Lipinski definition) is 0. The van der Waals surface area contributed by atoms with Crippen molar-refractivity contribution in [3.63, 3.8) is 0 Å². The molecule has 0 amide bonds. The Morgan fingerprint density at radius 3 is 2.59 bits per heavy atom. The molecular formula is C14H16N2O. The van der Waals surface area contributed by atoms with E-state index >= 15 is 0 Å². The highest BCUT2D eigenvalue weighted by atomic mass is 16.1. The Morgan fingerprint density at radius 2 is 1.94 bits per heavy atom. The fraction of sp³-hybridized carbons (Fsp3) is 0.286. The van der Waals surface area contributed by atoms with Crippen LogP contribution in [0.3, 0.4) is 0 Å². The van der Waals surface area contributed by atoms with E-state index in [0.29, 0.717) is 6.54 Å². The predicted octanol–water partition coefficient (Wildman–Crippen LogP) is 2.42. The quantitative estimate of drug-likeness (QED) is 0.808. The molecule has 1 heterocycles. The first-order chi connectivity index (χ1) is 8.18. The van der Waals surface area contributed by atoms with E-state index in [1.165, 1.54) is 0 Å². The second-order valence-corrected chi connectivity index (χ2v) is 4.42. The van der Waals surface area contributed by atoms with Crippen LogP contribution in [0.2, 0.25) is 0 Å². The molecule has 0 saturated heterocycles. The topological polar surface area (TPSA) is 34.9 Å². The summed E-state index contributed by atoms with van der Waals surface area (Å²) in [4.78, 5) is 16.3.